The van der Waals surface area contributed by atoms with E-state index in [0.29, 0.717) is 12.3 Å². The van der Waals surface area contributed by atoms with Crippen LogP contribution in [0.25, 0.3) is 0 Å². The van der Waals surface area contributed by atoms with Crippen LogP contribution in [0, 0.1) is 0 Å². The van der Waals surface area contributed by atoms with Crippen molar-refractivity contribution in [2.45, 2.75) is 20.3 Å². The average Bonchev–Trinajstić information content (AvgIpc) is 2.38. The molecule has 6 heteroatoms. The first-order valence-corrected chi connectivity index (χ1v) is 6.65. The van der Waals surface area contributed by atoms with Gasteiger partial charge in [0.05, 0.1) is 12.3 Å². The van der Waals surface area contributed by atoms with Gasteiger partial charge in [0.1, 0.15) is 11.5 Å². The zero-order valence-electron chi connectivity index (χ0n) is 11.3. The summed E-state index contributed by atoms with van der Waals surface area (Å²) in [5, 5.41) is 0. The molecular weight excluding hydrogens is 262 g/mol. The molecular formula is C13H19N3O2S. The molecule has 0 saturated carbocycles. The summed E-state index contributed by atoms with van der Waals surface area (Å²) < 4.78 is 4.97. The predicted molar refractivity (Wildman–Crippen MR) is 79.3 cm³/mol. The zero-order valence-corrected chi connectivity index (χ0v) is 12.1. The van der Waals surface area contributed by atoms with Crippen LogP contribution in [-0.2, 0) is 9.53 Å². The Morgan fingerprint density at radius 2 is 2.26 bits per heavy atom. The minimum absolute atomic E-state index is 0.211. The minimum atomic E-state index is -0.246. The van der Waals surface area contributed by atoms with Gasteiger partial charge in [0, 0.05) is 18.4 Å². The maximum Gasteiger partial charge on any atom is 0.325 e. The molecule has 19 heavy (non-hydrogen) atoms. The molecule has 0 aromatic carbocycles. The second-order valence-corrected chi connectivity index (χ2v) is 4.43. The van der Waals surface area contributed by atoms with E-state index >= 15 is 0 Å². The maximum absolute atomic E-state index is 11.6. The number of carbonyl (C=O) groups is 1. The molecule has 0 radical (unpaired) electrons. The Labute approximate surface area is 118 Å². The van der Waals surface area contributed by atoms with Crippen molar-refractivity contribution in [2.24, 2.45) is 5.73 Å². The lowest BCUT2D eigenvalue weighted by atomic mass is 10.2. The molecule has 0 fully saturated rings. The molecule has 0 spiro atoms. The van der Waals surface area contributed by atoms with E-state index in [1.165, 1.54) is 0 Å². The van der Waals surface area contributed by atoms with Crippen LogP contribution < -0.4 is 10.6 Å². The van der Waals surface area contributed by atoms with Gasteiger partial charge in [-0.15, -0.1) is 0 Å². The Morgan fingerprint density at radius 3 is 2.84 bits per heavy atom. The van der Waals surface area contributed by atoms with Gasteiger partial charge in [-0.05, 0) is 25.5 Å². The molecule has 0 aliphatic heterocycles. The van der Waals surface area contributed by atoms with E-state index in [1.54, 1.807) is 19.2 Å². The average molecular weight is 281 g/mol. The second kappa shape index (κ2) is 7.68. The fourth-order valence-electron chi connectivity index (χ4n) is 1.68. The number of ether oxygens (including phenoxy) is 1. The second-order valence-electron chi connectivity index (χ2n) is 3.99. The topological polar surface area (TPSA) is 68.5 Å². The highest BCUT2D eigenvalue weighted by Crippen LogP contribution is 2.15. The van der Waals surface area contributed by atoms with Crippen molar-refractivity contribution in [3.8, 4) is 0 Å². The van der Waals surface area contributed by atoms with Crippen LogP contribution in [0.4, 0.5) is 5.69 Å². The molecule has 1 rings (SSSR count). The van der Waals surface area contributed by atoms with Crippen LogP contribution in [-0.4, -0.2) is 35.6 Å². The molecule has 0 aliphatic rings. The number of hydrogen-bond donors (Lipinski definition) is 1. The molecule has 5 nitrogen and oxygen atoms in total. The highest BCUT2D eigenvalue weighted by molar-refractivity contribution is 7.80. The fraction of sp³-hybridized carbons (Fsp3) is 0.462. The zero-order chi connectivity index (χ0) is 14.3. The largest absolute Gasteiger partial charge is 0.465 e. The van der Waals surface area contributed by atoms with Crippen LogP contribution >= 0.6 is 12.2 Å². The molecule has 1 heterocycles. The minimum Gasteiger partial charge on any atom is -0.465 e. The standard InChI is InChI=1S/C13H19N3O2S/c1-3-7-16(9-12(17)18-4-2)10-5-6-15-11(8-10)13(14)19/h5-6,8H,3-4,7,9H2,1-2H3,(H2,14,19). The number of nitrogens with two attached hydrogens (primary N) is 1. The SMILES string of the molecule is CCCN(CC(=O)OCC)c1ccnc(C(N)=S)c1. The van der Waals surface area contributed by atoms with Crippen LogP contribution in [0.5, 0.6) is 0 Å². The van der Waals surface area contributed by atoms with Gasteiger partial charge in [0.15, 0.2) is 0 Å². The third-order valence-electron chi connectivity index (χ3n) is 2.48. The van der Waals surface area contributed by atoms with Gasteiger partial charge in [-0.2, -0.15) is 0 Å². The number of carbonyl (C=O) groups excluding carboxylic acids is 1. The molecule has 1 aromatic heterocycles. The first-order valence-electron chi connectivity index (χ1n) is 6.24. The number of thiocarbonyl (C=S) groups is 1. The molecule has 0 unspecified atom stereocenters. The molecule has 0 saturated heterocycles. The first-order chi connectivity index (χ1) is 9.08. The Kier molecular flexibility index (Phi) is 6.21. The summed E-state index contributed by atoms with van der Waals surface area (Å²) in [6.45, 7) is 5.18. The number of rotatable bonds is 7. The third kappa shape index (κ3) is 4.82. The highest BCUT2D eigenvalue weighted by atomic mass is 32.1. The molecule has 0 amide bonds. The summed E-state index contributed by atoms with van der Waals surface area (Å²) in [5.74, 6) is -0.246. The molecule has 1 aromatic rings. The van der Waals surface area contributed by atoms with Crippen LogP contribution in [0.1, 0.15) is 26.0 Å². The van der Waals surface area contributed by atoms with E-state index < -0.39 is 0 Å². The smallest absolute Gasteiger partial charge is 0.325 e. The fourth-order valence-corrected chi connectivity index (χ4v) is 1.79. The molecule has 0 aliphatic carbocycles. The van der Waals surface area contributed by atoms with Gasteiger partial charge < -0.3 is 15.4 Å². The Hall–Kier alpha value is -1.69. The van der Waals surface area contributed by atoms with Crippen molar-refractivity contribution in [1.82, 2.24) is 4.98 Å². The van der Waals surface area contributed by atoms with E-state index in [4.69, 9.17) is 22.7 Å². The Balaban J connectivity index is 2.88. The molecule has 0 atom stereocenters. The number of hydrogen-bond acceptors (Lipinski definition) is 5. The number of esters is 1. The number of aromatic nitrogens is 1. The van der Waals surface area contributed by atoms with E-state index in [9.17, 15) is 4.79 Å². The first kappa shape index (κ1) is 15.4. The van der Waals surface area contributed by atoms with Crippen LogP contribution in [0.3, 0.4) is 0 Å². The van der Waals surface area contributed by atoms with Crippen molar-refractivity contribution in [1.29, 1.82) is 0 Å². The van der Waals surface area contributed by atoms with Crippen molar-refractivity contribution < 1.29 is 9.53 Å². The number of nitrogens with zero attached hydrogens (tertiary/aromatic N) is 2. The van der Waals surface area contributed by atoms with Gasteiger partial charge in [-0.1, -0.05) is 19.1 Å². The van der Waals surface area contributed by atoms with Gasteiger partial charge in [0.25, 0.3) is 0 Å². The van der Waals surface area contributed by atoms with Gasteiger partial charge in [-0.25, -0.2) is 0 Å². The molecule has 0 bridgehead atoms. The molecule has 104 valence electrons. The maximum atomic E-state index is 11.6. The summed E-state index contributed by atoms with van der Waals surface area (Å²) in [4.78, 5) is 17.9. The lowest BCUT2D eigenvalue weighted by Crippen LogP contribution is -2.32. The lowest BCUT2D eigenvalue weighted by molar-refractivity contribution is -0.141. The summed E-state index contributed by atoms with van der Waals surface area (Å²) in [6.07, 6.45) is 2.56. The van der Waals surface area contributed by atoms with Gasteiger partial charge in [0.2, 0.25) is 0 Å². The van der Waals surface area contributed by atoms with E-state index in [0.717, 1.165) is 18.7 Å². The van der Waals surface area contributed by atoms with E-state index in [-0.39, 0.29) is 17.5 Å². The van der Waals surface area contributed by atoms with Crippen molar-refractivity contribution >= 4 is 28.9 Å². The van der Waals surface area contributed by atoms with Crippen LogP contribution in [0.2, 0.25) is 0 Å². The number of anilines is 1. The van der Waals surface area contributed by atoms with Crippen molar-refractivity contribution in [3.05, 3.63) is 24.0 Å². The van der Waals surface area contributed by atoms with Gasteiger partial charge in [-0.3, -0.25) is 9.78 Å². The number of pyridine rings is 1. The third-order valence-corrected chi connectivity index (χ3v) is 2.69. The van der Waals surface area contributed by atoms with Crippen molar-refractivity contribution in [2.75, 3.05) is 24.6 Å². The summed E-state index contributed by atoms with van der Waals surface area (Å²) >= 11 is 4.91. The lowest BCUT2D eigenvalue weighted by Gasteiger charge is -2.23. The van der Waals surface area contributed by atoms with Crippen molar-refractivity contribution in [3.63, 3.8) is 0 Å². The highest BCUT2D eigenvalue weighted by Gasteiger charge is 2.12. The van der Waals surface area contributed by atoms with E-state index in [2.05, 4.69) is 4.98 Å². The van der Waals surface area contributed by atoms with Crippen LogP contribution in [0.15, 0.2) is 18.3 Å². The monoisotopic (exact) mass is 281 g/mol. The van der Waals surface area contributed by atoms with E-state index in [1.807, 2.05) is 17.9 Å². The molecule has 2 N–H and O–H groups in total. The Morgan fingerprint density at radius 1 is 1.53 bits per heavy atom. The summed E-state index contributed by atoms with van der Waals surface area (Å²) in [5.41, 5.74) is 6.99. The predicted octanol–water partition coefficient (Wildman–Crippen LogP) is 1.50. The quantitative estimate of drug-likeness (QED) is 0.603. The van der Waals surface area contributed by atoms with Gasteiger partial charge >= 0.3 is 5.97 Å². The Bertz CT molecular complexity index is 451. The summed E-state index contributed by atoms with van der Waals surface area (Å²) in [7, 11) is 0. The summed E-state index contributed by atoms with van der Waals surface area (Å²) in [6, 6.07) is 3.62. The normalized spacial score (nSPS) is 10.0.